The van der Waals surface area contributed by atoms with Crippen molar-refractivity contribution in [2.75, 3.05) is 0 Å². The second-order valence-electron chi connectivity index (χ2n) is 2.22. The molecule has 0 unspecified atom stereocenters. The van der Waals surface area contributed by atoms with E-state index < -0.39 is 0 Å². The largest absolute Gasteiger partial charge is 0.405 e. The molecule has 0 aliphatic carbocycles. The lowest BCUT2D eigenvalue weighted by Gasteiger charge is -1.96. The van der Waals surface area contributed by atoms with Crippen LogP contribution in [0.3, 0.4) is 0 Å². The highest BCUT2D eigenvalue weighted by Gasteiger charge is 1.88. The van der Waals surface area contributed by atoms with Crippen molar-refractivity contribution in [1.82, 2.24) is 0 Å². The van der Waals surface area contributed by atoms with Crippen LogP contribution in [0.4, 0.5) is 0 Å². The number of hydrogen-bond donors (Lipinski definition) is 1. The van der Waals surface area contributed by atoms with Gasteiger partial charge in [0.1, 0.15) is 0 Å². The third kappa shape index (κ3) is 1.38. The molecule has 0 heterocycles. The van der Waals surface area contributed by atoms with Crippen molar-refractivity contribution in [3.63, 3.8) is 0 Å². The number of hydrogen-bond acceptors (Lipinski definition) is 1. The van der Waals surface area contributed by atoms with Gasteiger partial charge in [0.25, 0.3) is 0 Å². The summed E-state index contributed by atoms with van der Waals surface area (Å²) in [7, 11) is 0. The summed E-state index contributed by atoms with van der Waals surface area (Å²) >= 11 is 0. The lowest BCUT2D eigenvalue weighted by Crippen LogP contribution is -1.80. The Morgan fingerprint density at radius 1 is 1.30 bits per heavy atom. The predicted molar refractivity (Wildman–Crippen MR) is 44.4 cm³/mol. The van der Waals surface area contributed by atoms with Gasteiger partial charge in [-0.1, -0.05) is 24.3 Å². The summed E-state index contributed by atoms with van der Waals surface area (Å²) in [5, 5.41) is 0. The van der Waals surface area contributed by atoms with E-state index in [4.69, 9.17) is 5.73 Å². The third-order valence-corrected chi connectivity index (χ3v) is 1.46. The van der Waals surface area contributed by atoms with Crippen LogP contribution in [0.2, 0.25) is 0 Å². The molecule has 1 aromatic carbocycles. The van der Waals surface area contributed by atoms with Crippen molar-refractivity contribution in [2.24, 2.45) is 5.73 Å². The third-order valence-electron chi connectivity index (χ3n) is 1.46. The monoisotopic (exact) mass is 133 g/mol. The second-order valence-corrected chi connectivity index (χ2v) is 2.22. The van der Waals surface area contributed by atoms with Gasteiger partial charge in [0.2, 0.25) is 0 Å². The summed E-state index contributed by atoms with van der Waals surface area (Å²) in [5.41, 5.74) is 7.69. The first-order valence-electron chi connectivity index (χ1n) is 3.28. The zero-order valence-corrected chi connectivity index (χ0v) is 6.04. The normalized spacial score (nSPS) is 10.5. The maximum absolute atomic E-state index is 5.25. The standard InChI is InChI=1S/C9H11N/c1-8-4-2-3-5-9(8)6-7-10/h2-7H,10H2,1H3. The summed E-state index contributed by atoms with van der Waals surface area (Å²) in [4.78, 5) is 0. The summed E-state index contributed by atoms with van der Waals surface area (Å²) in [6, 6.07) is 8.12. The highest BCUT2D eigenvalue weighted by molar-refractivity contribution is 5.52. The van der Waals surface area contributed by atoms with Crippen molar-refractivity contribution >= 4 is 6.08 Å². The van der Waals surface area contributed by atoms with Crippen LogP contribution < -0.4 is 5.73 Å². The van der Waals surface area contributed by atoms with Crippen LogP contribution in [0.15, 0.2) is 30.5 Å². The van der Waals surface area contributed by atoms with Gasteiger partial charge in [0, 0.05) is 0 Å². The average Bonchev–Trinajstić information content (AvgIpc) is 1.94. The molecule has 0 fully saturated rings. The van der Waals surface area contributed by atoms with E-state index in [-0.39, 0.29) is 0 Å². The first kappa shape index (κ1) is 6.87. The molecule has 0 atom stereocenters. The molecule has 0 aliphatic heterocycles. The summed E-state index contributed by atoms with van der Waals surface area (Å²) in [5.74, 6) is 0. The Morgan fingerprint density at radius 3 is 2.60 bits per heavy atom. The molecule has 0 aliphatic rings. The van der Waals surface area contributed by atoms with Crippen LogP contribution in [0, 0.1) is 6.92 Å². The molecule has 1 heteroatoms. The van der Waals surface area contributed by atoms with Crippen molar-refractivity contribution in [1.29, 1.82) is 0 Å². The van der Waals surface area contributed by atoms with E-state index in [0.717, 1.165) is 0 Å². The first-order chi connectivity index (χ1) is 4.84. The van der Waals surface area contributed by atoms with Crippen LogP contribution in [0.5, 0.6) is 0 Å². The smallest absolute Gasteiger partial charge is 0.00563 e. The molecule has 0 bridgehead atoms. The van der Waals surface area contributed by atoms with E-state index in [0.29, 0.717) is 0 Å². The fourth-order valence-corrected chi connectivity index (χ4v) is 0.877. The molecule has 1 rings (SSSR count). The Balaban J connectivity index is 3.03. The van der Waals surface area contributed by atoms with Gasteiger partial charge in [-0.15, -0.1) is 0 Å². The van der Waals surface area contributed by atoms with E-state index in [1.165, 1.54) is 11.1 Å². The number of nitrogens with two attached hydrogens (primary N) is 1. The van der Waals surface area contributed by atoms with Gasteiger partial charge in [-0.2, -0.15) is 0 Å². The zero-order chi connectivity index (χ0) is 7.40. The number of aryl methyl sites for hydroxylation is 1. The van der Waals surface area contributed by atoms with Crippen molar-refractivity contribution in [3.05, 3.63) is 41.6 Å². The molecular weight excluding hydrogens is 122 g/mol. The van der Waals surface area contributed by atoms with Crippen molar-refractivity contribution < 1.29 is 0 Å². The van der Waals surface area contributed by atoms with Crippen LogP contribution in [-0.2, 0) is 0 Å². The Labute approximate surface area is 61.2 Å². The fraction of sp³-hybridized carbons (Fsp3) is 0.111. The molecule has 0 radical (unpaired) electrons. The van der Waals surface area contributed by atoms with E-state index in [1.54, 1.807) is 6.20 Å². The highest BCUT2D eigenvalue weighted by Crippen LogP contribution is 2.07. The molecule has 2 N–H and O–H groups in total. The summed E-state index contributed by atoms with van der Waals surface area (Å²) < 4.78 is 0. The minimum atomic E-state index is 1.19. The Bertz CT molecular complexity index is 238. The molecule has 0 saturated carbocycles. The van der Waals surface area contributed by atoms with Crippen LogP contribution in [0.1, 0.15) is 11.1 Å². The molecule has 0 spiro atoms. The van der Waals surface area contributed by atoms with Gasteiger partial charge in [0.05, 0.1) is 0 Å². The van der Waals surface area contributed by atoms with Gasteiger partial charge in [-0.05, 0) is 30.3 Å². The molecule has 0 amide bonds. The van der Waals surface area contributed by atoms with E-state index in [1.807, 2.05) is 24.3 Å². The molecule has 52 valence electrons. The van der Waals surface area contributed by atoms with Crippen molar-refractivity contribution in [2.45, 2.75) is 6.92 Å². The Hall–Kier alpha value is -1.24. The Kier molecular flexibility index (Phi) is 2.11. The van der Waals surface area contributed by atoms with Crippen LogP contribution in [0.25, 0.3) is 6.08 Å². The van der Waals surface area contributed by atoms with E-state index in [2.05, 4.69) is 13.0 Å². The average molecular weight is 133 g/mol. The molecule has 0 saturated heterocycles. The van der Waals surface area contributed by atoms with E-state index >= 15 is 0 Å². The van der Waals surface area contributed by atoms with Gasteiger partial charge >= 0.3 is 0 Å². The minimum absolute atomic E-state index is 1.19. The quantitative estimate of drug-likeness (QED) is 0.622. The lowest BCUT2D eigenvalue weighted by atomic mass is 10.1. The van der Waals surface area contributed by atoms with Gasteiger partial charge in [0.15, 0.2) is 0 Å². The molecule has 10 heavy (non-hydrogen) atoms. The zero-order valence-electron chi connectivity index (χ0n) is 6.04. The first-order valence-corrected chi connectivity index (χ1v) is 3.28. The minimum Gasteiger partial charge on any atom is -0.405 e. The molecule has 1 aromatic rings. The summed E-state index contributed by atoms with van der Waals surface area (Å²) in [6.45, 7) is 2.06. The van der Waals surface area contributed by atoms with E-state index in [9.17, 15) is 0 Å². The Morgan fingerprint density at radius 2 is 2.00 bits per heavy atom. The fourth-order valence-electron chi connectivity index (χ4n) is 0.877. The maximum Gasteiger partial charge on any atom is -0.00563 e. The van der Waals surface area contributed by atoms with Gasteiger partial charge in [-0.3, -0.25) is 0 Å². The molecular formula is C9H11N. The highest BCUT2D eigenvalue weighted by atomic mass is 14.5. The number of benzene rings is 1. The summed E-state index contributed by atoms with van der Waals surface area (Å²) in [6.07, 6.45) is 3.46. The topological polar surface area (TPSA) is 26.0 Å². The molecule has 1 nitrogen and oxygen atoms in total. The number of rotatable bonds is 1. The van der Waals surface area contributed by atoms with Crippen LogP contribution >= 0.6 is 0 Å². The second kappa shape index (κ2) is 3.06. The predicted octanol–water partition coefficient (Wildman–Crippen LogP) is 1.92. The lowest BCUT2D eigenvalue weighted by molar-refractivity contribution is 1.44. The molecule has 0 aromatic heterocycles. The van der Waals surface area contributed by atoms with Gasteiger partial charge < -0.3 is 5.73 Å². The maximum atomic E-state index is 5.25. The van der Waals surface area contributed by atoms with Crippen molar-refractivity contribution in [3.8, 4) is 0 Å². The SMILES string of the molecule is Cc1ccccc1C=CN. The van der Waals surface area contributed by atoms with Crippen LogP contribution in [-0.4, -0.2) is 0 Å². The van der Waals surface area contributed by atoms with Gasteiger partial charge in [-0.25, -0.2) is 0 Å².